The summed E-state index contributed by atoms with van der Waals surface area (Å²) in [6, 6.07) is 0.189. The lowest BCUT2D eigenvalue weighted by Gasteiger charge is -2.40. The van der Waals surface area contributed by atoms with Gasteiger partial charge in [-0.05, 0) is 37.0 Å². The van der Waals surface area contributed by atoms with E-state index in [-0.39, 0.29) is 25.0 Å². The summed E-state index contributed by atoms with van der Waals surface area (Å²) < 4.78 is 4.44. The van der Waals surface area contributed by atoms with E-state index in [2.05, 4.69) is 10.1 Å². The first-order chi connectivity index (χ1) is 8.13. The minimum atomic E-state index is -0.502. The van der Waals surface area contributed by atoms with Crippen molar-refractivity contribution >= 4 is 11.9 Å². The number of amides is 1. The standard InChI is InChI=1S/C12H19NO4/c1-17-12(16)5-11(15)13-10-4-8-2-7(6-14)3-9(8)10/h7-10,14H,2-6H2,1H3,(H,13,15). The summed E-state index contributed by atoms with van der Waals surface area (Å²) in [4.78, 5) is 22.4. The molecule has 0 bridgehead atoms. The van der Waals surface area contributed by atoms with Crippen molar-refractivity contribution in [3.63, 3.8) is 0 Å². The smallest absolute Gasteiger partial charge is 0.315 e. The molecular formula is C12H19NO4. The van der Waals surface area contributed by atoms with Crippen molar-refractivity contribution < 1.29 is 19.4 Å². The predicted molar refractivity (Wildman–Crippen MR) is 60.0 cm³/mol. The number of nitrogens with one attached hydrogen (secondary N) is 1. The van der Waals surface area contributed by atoms with Gasteiger partial charge in [0.15, 0.2) is 0 Å². The molecule has 2 saturated carbocycles. The van der Waals surface area contributed by atoms with Crippen molar-refractivity contribution in [1.82, 2.24) is 5.32 Å². The molecule has 4 unspecified atom stereocenters. The Hall–Kier alpha value is -1.10. The van der Waals surface area contributed by atoms with E-state index in [0.717, 1.165) is 19.3 Å². The lowest BCUT2D eigenvalue weighted by molar-refractivity contribution is -0.144. The molecule has 0 aliphatic heterocycles. The van der Waals surface area contributed by atoms with Crippen LogP contribution in [0.4, 0.5) is 0 Å². The van der Waals surface area contributed by atoms with E-state index < -0.39 is 5.97 Å². The Morgan fingerprint density at radius 2 is 2.12 bits per heavy atom. The molecule has 0 aromatic carbocycles. The first-order valence-corrected chi connectivity index (χ1v) is 6.11. The summed E-state index contributed by atoms with van der Waals surface area (Å²) in [7, 11) is 1.28. The number of aliphatic hydroxyl groups is 1. The molecule has 96 valence electrons. The van der Waals surface area contributed by atoms with Crippen molar-refractivity contribution in [3.8, 4) is 0 Å². The topological polar surface area (TPSA) is 75.6 Å². The van der Waals surface area contributed by atoms with Crippen molar-refractivity contribution in [2.45, 2.75) is 31.7 Å². The number of esters is 1. The van der Waals surface area contributed by atoms with E-state index in [0.29, 0.717) is 17.8 Å². The minimum absolute atomic E-state index is 0.189. The molecule has 0 spiro atoms. The van der Waals surface area contributed by atoms with Crippen molar-refractivity contribution in [3.05, 3.63) is 0 Å². The maximum Gasteiger partial charge on any atom is 0.315 e. The Bertz CT molecular complexity index is 318. The van der Waals surface area contributed by atoms with Crippen LogP contribution in [-0.2, 0) is 14.3 Å². The number of rotatable bonds is 4. The van der Waals surface area contributed by atoms with E-state index in [9.17, 15) is 9.59 Å². The second kappa shape index (κ2) is 5.04. The summed E-state index contributed by atoms with van der Waals surface area (Å²) in [6.07, 6.45) is 2.84. The van der Waals surface area contributed by atoms with Gasteiger partial charge in [0.1, 0.15) is 6.42 Å². The third-order valence-electron chi connectivity index (χ3n) is 4.06. The average molecular weight is 241 g/mol. The Morgan fingerprint density at radius 3 is 2.76 bits per heavy atom. The predicted octanol–water partition coefficient (Wildman–Crippen LogP) is 0.0727. The van der Waals surface area contributed by atoms with Crippen molar-refractivity contribution in [2.24, 2.45) is 17.8 Å². The fourth-order valence-electron chi connectivity index (χ4n) is 3.12. The Kier molecular flexibility index (Phi) is 3.66. The van der Waals surface area contributed by atoms with Gasteiger partial charge >= 0.3 is 5.97 Å². The highest BCUT2D eigenvalue weighted by Crippen LogP contribution is 2.49. The lowest BCUT2D eigenvalue weighted by atomic mass is 9.71. The van der Waals surface area contributed by atoms with Gasteiger partial charge in [0, 0.05) is 12.6 Å². The fourth-order valence-corrected chi connectivity index (χ4v) is 3.12. The normalized spacial score (nSPS) is 34.7. The summed E-state index contributed by atoms with van der Waals surface area (Å²) in [5.74, 6) is 0.780. The van der Waals surface area contributed by atoms with Gasteiger partial charge in [0.05, 0.1) is 7.11 Å². The lowest BCUT2D eigenvalue weighted by Crippen LogP contribution is -2.50. The van der Waals surface area contributed by atoms with E-state index >= 15 is 0 Å². The Labute approximate surface area is 101 Å². The highest BCUT2D eigenvalue weighted by Gasteiger charge is 2.47. The van der Waals surface area contributed by atoms with E-state index in [1.54, 1.807) is 0 Å². The van der Waals surface area contributed by atoms with Crippen LogP contribution in [0.2, 0.25) is 0 Å². The van der Waals surface area contributed by atoms with Crippen LogP contribution in [0.5, 0.6) is 0 Å². The van der Waals surface area contributed by atoms with Crippen LogP contribution in [0.3, 0.4) is 0 Å². The maximum absolute atomic E-state index is 11.5. The average Bonchev–Trinajstić information content (AvgIpc) is 2.63. The fraction of sp³-hybridized carbons (Fsp3) is 0.833. The molecule has 5 heteroatoms. The van der Waals surface area contributed by atoms with Crippen molar-refractivity contribution in [1.29, 1.82) is 0 Å². The monoisotopic (exact) mass is 241 g/mol. The zero-order valence-electron chi connectivity index (χ0n) is 10.0. The van der Waals surface area contributed by atoms with E-state index in [4.69, 9.17) is 5.11 Å². The van der Waals surface area contributed by atoms with E-state index in [1.807, 2.05) is 0 Å². The van der Waals surface area contributed by atoms with Gasteiger partial charge in [0.2, 0.25) is 5.91 Å². The molecule has 2 rings (SSSR count). The van der Waals surface area contributed by atoms with Crippen LogP contribution in [0.15, 0.2) is 0 Å². The Morgan fingerprint density at radius 1 is 1.35 bits per heavy atom. The zero-order valence-corrected chi connectivity index (χ0v) is 10.0. The molecule has 0 heterocycles. The summed E-state index contributed by atoms with van der Waals surface area (Å²) >= 11 is 0. The number of methoxy groups -OCH3 is 1. The van der Waals surface area contributed by atoms with Crippen LogP contribution in [0.1, 0.15) is 25.7 Å². The first kappa shape index (κ1) is 12.4. The molecule has 0 aromatic heterocycles. The number of hydrogen-bond acceptors (Lipinski definition) is 4. The first-order valence-electron chi connectivity index (χ1n) is 6.11. The summed E-state index contributed by atoms with van der Waals surface area (Å²) in [5.41, 5.74) is 0. The van der Waals surface area contributed by atoms with Crippen LogP contribution in [0, 0.1) is 17.8 Å². The molecule has 0 radical (unpaired) electrons. The summed E-state index contributed by atoms with van der Waals surface area (Å²) in [6.45, 7) is 0.246. The number of fused-ring (bicyclic) bond motifs is 1. The molecule has 2 aliphatic rings. The third-order valence-corrected chi connectivity index (χ3v) is 4.06. The van der Waals surface area contributed by atoms with Gasteiger partial charge in [-0.15, -0.1) is 0 Å². The van der Waals surface area contributed by atoms with Gasteiger partial charge in [-0.2, -0.15) is 0 Å². The SMILES string of the molecule is COC(=O)CC(=O)NC1CC2CC(CO)CC21. The van der Waals surface area contributed by atoms with Crippen molar-refractivity contribution in [2.75, 3.05) is 13.7 Å². The second-order valence-electron chi connectivity index (χ2n) is 5.11. The molecule has 2 fully saturated rings. The molecule has 0 saturated heterocycles. The molecule has 1 amide bonds. The highest BCUT2D eigenvalue weighted by atomic mass is 16.5. The van der Waals surface area contributed by atoms with Gasteiger partial charge in [-0.3, -0.25) is 9.59 Å². The molecule has 17 heavy (non-hydrogen) atoms. The minimum Gasteiger partial charge on any atom is -0.469 e. The van der Waals surface area contributed by atoms with Gasteiger partial charge in [-0.1, -0.05) is 0 Å². The number of hydrogen-bond donors (Lipinski definition) is 2. The quantitative estimate of drug-likeness (QED) is 0.539. The zero-order chi connectivity index (χ0) is 12.4. The molecule has 2 N–H and O–H groups in total. The number of aliphatic hydroxyl groups excluding tert-OH is 1. The van der Waals surface area contributed by atoms with Crippen LogP contribution < -0.4 is 5.32 Å². The Balaban J connectivity index is 1.75. The highest BCUT2D eigenvalue weighted by molar-refractivity contribution is 5.94. The number of carbonyl (C=O) groups is 2. The molecule has 4 atom stereocenters. The van der Waals surface area contributed by atoms with Crippen LogP contribution in [0.25, 0.3) is 0 Å². The molecular weight excluding hydrogens is 222 g/mol. The largest absolute Gasteiger partial charge is 0.469 e. The molecule has 5 nitrogen and oxygen atoms in total. The van der Waals surface area contributed by atoms with Gasteiger partial charge in [-0.25, -0.2) is 0 Å². The third kappa shape index (κ3) is 2.60. The summed E-state index contributed by atoms with van der Waals surface area (Å²) in [5, 5.41) is 12.0. The second-order valence-corrected chi connectivity index (χ2v) is 5.11. The molecule has 2 aliphatic carbocycles. The molecule has 0 aromatic rings. The van der Waals surface area contributed by atoms with Gasteiger partial charge in [0.25, 0.3) is 0 Å². The van der Waals surface area contributed by atoms with Crippen LogP contribution >= 0.6 is 0 Å². The van der Waals surface area contributed by atoms with Gasteiger partial charge < -0.3 is 15.2 Å². The maximum atomic E-state index is 11.5. The number of carbonyl (C=O) groups excluding carboxylic acids is 2. The van der Waals surface area contributed by atoms with E-state index in [1.165, 1.54) is 7.11 Å². The van der Waals surface area contributed by atoms with Crippen LogP contribution in [-0.4, -0.2) is 36.7 Å². The number of ether oxygens (including phenoxy) is 1.